The number of nitrogens with one attached hydrogen (secondary N) is 1. The van der Waals surface area contributed by atoms with E-state index in [1.165, 1.54) is 12.7 Å². The molecular weight excluding hydrogens is 428 g/mol. The van der Waals surface area contributed by atoms with Crippen LogP contribution >= 0.6 is 0 Å². The summed E-state index contributed by atoms with van der Waals surface area (Å²) in [4.78, 5) is 16.9. The number of benzene rings is 3. The van der Waals surface area contributed by atoms with E-state index in [1.807, 2.05) is 31.2 Å². The van der Waals surface area contributed by atoms with E-state index in [4.69, 9.17) is 14.5 Å². The molecule has 6 nitrogen and oxygen atoms in total. The van der Waals surface area contributed by atoms with Crippen LogP contribution in [0.25, 0.3) is 0 Å². The lowest BCUT2D eigenvalue weighted by molar-refractivity contribution is 0.0600. The second-order valence-electron chi connectivity index (χ2n) is 8.19. The average Bonchev–Trinajstić information content (AvgIpc) is 2.89. The summed E-state index contributed by atoms with van der Waals surface area (Å²) in [7, 11) is 1.37. The van der Waals surface area contributed by atoms with Crippen LogP contribution in [-0.4, -0.2) is 30.5 Å². The molecule has 0 amide bonds. The van der Waals surface area contributed by atoms with Crippen molar-refractivity contribution in [3.63, 3.8) is 0 Å². The normalized spacial score (nSPS) is 17.7. The van der Waals surface area contributed by atoms with E-state index in [0.717, 1.165) is 28.8 Å². The largest absolute Gasteiger partial charge is 0.504 e. The van der Waals surface area contributed by atoms with E-state index in [1.54, 1.807) is 18.2 Å². The highest BCUT2D eigenvalue weighted by atomic mass is 16.5. The first-order valence-corrected chi connectivity index (χ1v) is 11.6. The Hall–Kier alpha value is -3.64. The molecule has 1 aliphatic heterocycles. The number of phenols is 1. The van der Waals surface area contributed by atoms with Gasteiger partial charge in [0, 0.05) is 23.7 Å². The summed E-state index contributed by atoms with van der Waals surface area (Å²) in [5.74, 6) is 0.236. The van der Waals surface area contributed by atoms with Gasteiger partial charge in [0.05, 0.1) is 19.3 Å². The SMILES string of the molecule is CCOc1cccc([C@@H]2CC(c3ccc(CC)cc3)=N[C@@H](c3ccc(C(=O)OC)cc3)N2)c1O. The van der Waals surface area contributed by atoms with E-state index in [2.05, 4.69) is 36.5 Å². The van der Waals surface area contributed by atoms with E-state index >= 15 is 0 Å². The van der Waals surface area contributed by atoms with Crippen molar-refractivity contribution >= 4 is 11.7 Å². The third-order valence-corrected chi connectivity index (χ3v) is 6.09. The number of carbonyl (C=O) groups is 1. The molecule has 0 saturated carbocycles. The summed E-state index contributed by atoms with van der Waals surface area (Å²) >= 11 is 0. The van der Waals surface area contributed by atoms with Crippen molar-refractivity contribution in [2.75, 3.05) is 13.7 Å². The van der Waals surface area contributed by atoms with Gasteiger partial charge in [-0.25, -0.2) is 4.79 Å². The molecule has 2 atom stereocenters. The maximum absolute atomic E-state index is 11.8. The highest BCUT2D eigenvalue weighted by Crippen LogP contribution is 2.39. The zero-order valence-corrected chi connectivity index (χ0v) is 19.7. The number of rotatable bonds is 7. The Morgan fingerprint density at radius 2 is 1.79 bits per heavy atom. The summed E-state index contributed by atoms with van der Waals surface area (Å²) in [5, 5.41) is 14.5. The highest BCUT2D eigenvalue weighted by Gasteiger charge is 2.28. The predicted octanol–water partition coefficient (Wildman–Crippen LogP) is 5.36. The van der Waals surface area contributed by atoms with Crippen molar-refractivity contribution in [2.45, 2.75) is 38.9 Å². The van der Waals surface area contributed by atoms with Gasteiger partial charge in [-0.05, 0) is 48.2 Å². The smallest absolute Gasteiger partial charge is 0.337 e. The van der Waals surface area contributed by atoms with Crippen LogP contribution in [0.15, 0.2) is 71.7 Å². The van der Waals surface area contributed by atoms with Crippen LogP contribution in [0.3, 0.4) is 0 Å². The maximum Gasteiger partial charge on any atom is 0.337 e. The third kappa shape index (κ3) is 4.97. The van der Waals surface area contributed by atoms with Gasteiger partial charge in [-0.15, -0.1) is 0 Å². The predicted molar refractivity (Wildman–Crippen MR) is 133 cm³/mol. The fourth-order valence-electron chi connectivity index (χ4n) is 4.20. The molecule has 4 rings (SSSR count). The topological polar surface area (TPSA) is 80.2 Å². The minimum Gasteiger partial charge on any atom is -0.504 e. The van der Waals surface area contributed by atoms with Gasteiger partial charge in [-0.1, -0.05) is 55.5 Å². The van der Waals surface area contributed by atoms with E-state index in [9.17, 15) is 9.90 Å². The van der Waals surface area contributed by atoms with Gasteiger partial charge in [0.15, 0.2) is 11.5 Å². The molecule has 0 unspecified atom stereocenters. The highest BCUT2D eigenvalue weighted by molar-refractivity contribution is 6.01. The molecule has 0 bridgehead atoms. The molecule has 0 saturated heterocycles. The van der Waals surface area contributed by atoms with E-state index in [0.29, 0.717) is 24.3 Å². The number of aryl methyl sites for hydroxylation is 1. The number of hydrogen-bond donors (Lipinski definition) is 2. The van der Waals surface area contributed by atoms with Gasteiger partial charge in [0.2, 0.25) is 0 Å². The number of hydrogen-bond acceptors (Lipinski definition) is 6. The van der Waals surface area contributed by atoms with Crippen molar-refractivity contribution < 1.29 is 19.4 Å². The Bertz CT molecular complexity index is 1170. The first-order chi connectivity index (χ1) is 16.5. The van der Waals surface area contributed by atoms with Gasteiger partial charge in [-0.3, -0.25) is 10.3 Å². The molecule has 3 aromatic carbocycles. The van der Waals surface area contributed by atoms with Crippen molar-refractivity contribution in [3.8, 4) is 11.5 Å². The zero-order valence-electron chi connectivity index (χ0n) is 19.7. The number of aromatic hydroxyl groups is 1. The van der Waals surface area contributed by atoms with Crippen LogP contribution in [0.4, 0.5) is 0 Å². The Labute approximate surface area is 200 Å². The Balaban J connectivity index is 1.72. The molecule has 1 heterocycles. The molecule has 0 fully saturated rings. The lowest BCUT2D eigenvalue weighted by Gasteiger charge is -2.31. The number of methoxy groups -OCH3 is 1. The molecule has 0 radical (unpaired) electrons. The van der Waals surface area contributed by atoms with Crippen LogP contribution in [-0.2, 0) is 11.2 Å². The lowest BCUT2D eigenvalue weighted by Crippen LogP contribution is -2.33. The van der Waals surface area contributed by atoms with Gasteiger partial charge in [-0.2, -0.15) is 0 Å². The second-order valence-corrected chi connectivity index (χ2v) is 8.19. The lowest BCUT2D eigenvalue weighted by atomic mass is 9.92. The van der Waals surface area contributed by atoms with Crippen LogP contribution in [0.1, 0.15) is 65.1 Å². The summed E-state index contributed by atoms with van der Waals surface area (Å²) in [6, 6.07) is 21.1. The van der Waals surface area contributed by atoms with Gasteiger partial charge in [0.25, 0.3) is 0 Å². The molecule has 1 aliphatic rings. The third-order valence-electron chi connectivity index (χ3n) is 6.09. The van der Waals surface area contributed by atoms with E-state index in [-0.39, 0.29) is 23.9 Å². The number of nitrogens with zero attached hydrogens (tertiary/aromatic N) is 1. The fourth-order valence-corrected chi connectivity index (χ4v) is 4.20. The number of phenolic OH excluding ortho intramolecular Hbond substituents is 1. The average molecular weight is 459 g/mol. The number of ether oxygens (including phenoxy) is 2. The molecule has 0 aliphatic carbocycles. The van der Waals surface area contributed by atoms with Crippen molar-refractivity contribution in [1.29, 1.82) is 0 Å². The monoisotopic (exact) mass is 458 g/mol. The Morgan fingerprint density at radius 3 is 2.44 bits per heavy atom. The first-order valence-electron chi connectivity index (χ1n) is 11.6. The van der Waals surface area contributed by atoms with Crippen LogP contribution < -0.4 is 10.1 Å². The Morgan fingerprint density at radius 1 is 1.06 bits per heavy atom. The van der Waals surface area contributed by atoms with Crippen LogP contribution in [0.5, 0.6) is 11.5 Å². The molecule has 3 aromatic rings. The van der Waals surface area contributed by atoms with Crippen LogP contribution in [0, 0.1) is 0 Å². The molecule has 6 heteroatoms. The second kappa shape index (κ2) is 10.5. The molecule has 0 spiro atoms. The number of esters is 1. The molecule has 34 heavy (non-hydrogen) atoms. The molecule has 0 aromatic heterocycles. The number of carbonyl (C=O) groups excluding carboxylic acids is 1. The van der Waals surface area contributed by atoms with Crippen molar-refractivity contribution in [3.05, 3.63) is 94.5 Å². The minimum atomic E-state index is -0.376. The first kappa shape index (κ1) is 23.5. The minimum absolute atomic E-state index is 0.143. The van der Waals surface area contributed by atoms with Gasteiger partial charge < -0.3 is 14.6 Å². The summed E-state index contributed by atoms with van der Waals surface area (Å²) in [6.07, 6.45) is 1.25. The van der Waals surface area contributed by atoms with Gasteiger partial charge >= 0.3 is 5.97 Å². The van der Waals surface area contributed by atoms with Gasteiger partial charge in [0.1, 0.15) is 6.17 Å². The number of para-hydroxylation sites is 1. The molecule has 176 valence electrons. The van der Waals surface area contributed by atoms with E-state index < -0.39 is 0 Å². The molecule has 2 N–H and O–H groups in total. The summed E-state index contributed by atoms with van der Waals surface area (Å²) in [6.45, 7) is 4.50. The van der Waals surface area contributed by atoms with Crippen molar-refractivity contribution in [1.82, 2.24) is 5.32 Å². The number of aliphatic imine (C=N–C) groups is 1. The summed E-state index contributed by atoms with van der Waals surface area (Å²) in [5.41, 5.74) is 5.45. The molecular formula is C28H30N2O4. The standard InChI is InChI=1S/C28H30N2O4/c1-4-18-9-11-19(12-10-18)23-17-24(22-7-6-8-25(26(22)31)34-5-2)30-27(29-23)20-13-15-21(16-14-20)28(32)33-3/h6-16,24,27,30-31H,4-5,17H2,1-3H3/t24-,27+/m0/s1. The Kier molecular flexibility index (Phi) is 7.28. The quantitative estimate of drug-likeness (QED) is 0.466. The maximum atomic E-state index is 11.8. The summed E-state index contributed by atoms with van der Waals surface area (Å²) < 4.78 is 10.4. The zero-order chi connectivity index (χ0) is 24.1. The fraction of sp³-hybridized carbons (Fsp3) is 0.286. The van der Waals surface area contributed by atoms with Crippen molar-refractivity contribution in [2.24, 2.45) is 4.99 Å². The van der Waals surface area contributed by atoms with Crippen LogP contribution in [0.2, 0.25) is 0 Å².